The van der Waals surface area contributed by atoms with Gasteiger partial charge in [0.15, 0.2) is 0 Å². The van der Waals surface area contributed by atoms with Crippen LogP contribution in [0.3, 0.4) is 0 Å². The molecule has 0 saturated heterocycles. The second-order valence-corrected chi connectivity index (χ2v) is 5.17. The predicted molar refractivity (Wildman–Crippen MR) is 93.5 cm³/mol. The van der Waals surface area contributed by atoms with Crippen molar-refractivity contribution in [2.75, 3.05) is 85.8 Å². The predicted octanol–water partition coefficient (Wildman–Crippen LogP) is 1.23. The normalized spacial score (nSPS) is 11.2. The summed E-state index contributed by atoms with van der Waals surface area (Å²) in [5, 5.41) is 0. The quantitative estimate of drug-likeness (QED) is 0.312. The van der Waals surface area contributed by atoms with E-state index in [-0.39, 0.29) is 0 Å². The first-order valence-corrected chi connectivity index (χ1v) is 9.08. The van der Waals surface area contributed by atoms with Crippen molar-refractivity contribution >= 4 is 0 Å². The summed E-state index contributed by atoms with van der Waals surface area (Å²) in [4.78, 5) is 0. The van der Waals surface area contributed by atoms with Crippen LogP contribution in [0, 0.1) is 0 Å². The van der Waals surface area contributed by atoms with E-state index in [1.807, 2.05) is 0 Å². The molecular weight excluding hydrogens is 314 g/mol. The summed E-state index contributed by atoms with van der Waals surface area (Å²) in [6, 6.07) is 0. The minimum atomic E-state index is 0.543. The van der Waals surface area contributed by atoms with Crippen LogP contribution in [0.5, 0.6) is 0 Å². The van der Waals surface area contributed by atoms with Gasteiger partial charge in [-0.3, -0.25) is 0 Å². The SMILES string of the molecule is CCCCCOCCOCCOCCOCCOCCOCCN. The van der Waals surface area contributed by atoms with Crippen LogP contribution in [0.1, 0.15) is 26.2 Å². The monoisotopic (exact) mass is 351 g/mol. The minimum Gasteiger partial charge on any atom is -0.379 e. The van der Waals surface area contributed by atoms with Crippen LogP contribution in [0.2, 0.25) is 0 Å². The fourth-order valence-electron chi connectivity index (χ4n) is 1.74. The number of rotatable bonds is 21. The van der Waals surface area contributed by atoms with Crippen molar-refractivity contribution in [1.29, 1.82) is 0 Å². The van der Waals surface area contributed by atoms with Crippen molar-refractivity contribution < 1.29 is 28.4 Å². The molecule has 146 valence electrons. The Balaban J connectivity index is 2.93. The van der Waals surface area contributed by atoms with Gasteiger partial charge in [0.25, 0.3) is 0 Å². The Morgan fingerprint density at radius 2 is 0.792 bits per heavy atom. The summed E-state index contributed by atoms with van der Waals surface area (Å²) in [6.07, 6.45) is 3.58. The van der Waals surface area contributed by atoms with E-state index in [4.69, 9.17) is 34.2 Å². The highest BCUT2D eigenvalue weighted by molar-refractivity contribution is 4.38. The lowest BCUT2D eigenvalue weighted by molar-refractivity contribution is -0.0165. The van der Waals surface area contributed by atoms with Crippen molar-refractivity contribution in [2.45, 2.75) is 26.2 Å². The zero-order valence-corrected chi connectivity index (χ0v) is 15.3. The molecule has 0 aromatic rings. The number of hydrogen-bond acceptors (Lipinski definition) is 7. The maximum absolute atomic E-state index is 5.44. The average molecular weight is 351 g/mol. The Morgan fingerprint density at radius 3 is 1.12 bits per heavy atom. The van der Waals surface area contributed by atoms with E-state index in [0.29, 0.717) is 79.2 Å². The Bertz CT molecular complexity index is 199. The molecule has 7 heteroatoms. The molecule has 0 unspecified atom stereocenters. The molecule has 0 rings (SSSR count). The van der Waals surface area contributed by atoms with E-state index < -0.39 is 0 Å². The van der Waals surface area contributed by atoms with Gasteiger partial charge in [0.2, 0.25) is 0 Å². The number of hydrogen-bond donors (Lipinski definition) is 1. The lowest BCUT2D eigenvalue weighted by Gasteiger charge is -2.08. The van der Waals surface area contributed by atoms with Gasteiger partial charge in [-0.25, -0.2) is 0 Å². The number of nitrogens with two attached hydrogens (primary N) is 1. The lowest BCUT2D eigenvalue weighted by Crippen LogP contribution is -2.15. The second-order valence-electron chi connectivity index (χ2n) is 5.17. The van der Waals surface area contributed by atoms with Crippen molar-refractivity contribution in [2.24, 2.45) is 5.73 Å². The summed E-state index contributed by atoms with van der Waals surface area (Å²) in [5.41, 5.74) is 5.30. The molecule has 0 aliphatic rings. The molecule has 0 heterocycles. The first-order valence-electron chi connectivity index (χ1n) is 9.08. The molecule has 0 amide bonds. The Labute approximate surface area is 147 Å². The largest absolute Gasteiger partial charge is 0.379 e. The molecule has 0 bridgehead atoms. The van der Waals surface area contributed by atoms with Gasteiger partial charge in [-0.05, 0) is 6.42 Å². The summed E-state index contributed by atoms with van der Waals surface area (Å²) in [7, 11) is 0. The molecule has 24 heavy (non-hydrogen) atoms. The topological polar surface area (TPSA) is 81.4 Å². The molecule has 2 N–H and O–H groups in total. The molecule has 0 saturated carbocycles. The van der Waals surface area contributed by atoms with Crippen molar-refractivity contribution in [3.8, 4) is 0 Å². The van der Waals surface area contributed by atoms with Crippen molar-refractivity contribution in [1.82, 2.24) is 0 Å². The Kier molecular flexibility index (Phi) is 22.5. The summed E-state index contributed by atoms with van der Waals surface area (Å²) in [5.74, 6) is 0. The van der Waals surface area contributed by atoms with Crippen LogP contribution in [0.4, 0.5) is 0 Å². The van der Waals surface area contributed by atoms with E-state index in [1.165, 1.54) is 12.8 Å². The number of ether oxygens (including phenoxy) is 6. The van der Waals surface area contributed by atoms with Gasteiger partial charge in [-0.15, -0.1) is 0 Å². The van der Waals surface area contributed by atoms with Crippen LogP contribution in [-0.2, 0) is 28.4 Å². The smallest absolute Gasteiger partial charge is 0.0701 e. The maximum Gasteiger partial charge on any atom is 0.0701 e. The van der Waals surface area contributed by atoms with Gasteiger partial charge >= 0.3 is 0 Å². The molecular formula is C17H37NO6. The second kappa shape index (κ2) is 22.7. The van der Waals surface area contributed by atoms with Crippen LogP contribution in [0.15, 0.2) is 0 Å². The van der Waals surface area contributed by atoms with Gasteiger partial charge in [0.05, 0.1) is 72.7 Å². The third-order valence-electron chi connectivity index (χ3n) is 3.01. The van der Waals surface area contributed by atoms with Gasteiger partial charge in [0, 0.05) is 13.2 Å². The first kappa shape index (κ1) is 23.7. The molecule has 0 radical (unpaired) electrons. The van der Waals surface area contributed by atoms with Crippen molar-refractivity contribution in [3.63, 3.8) is 0 Å². The first-order chi connectivity index (χ1) is 11.9. The highest BCUT2D eigenvalue weighted by Crippen LogP contribution is 1.93. The molecule has 0 fully saturated rings. The van der Waals surface area contributed by atoms with Gasteiger partial charge in [-0.2, -0.15) is 0 Å². The third-order valence-corrected chi connectivity index (χ3v) is 3.01. The Morgan fingerprint density at radius 1 is 0.458 bits per heavy atom. The van der Waals surface area contributed by atoms with E-state index in [2.05, 4.69) is 6.92 Å². The highest BCUT2D eigenvalue weighted by Gasteiger charge is 1.94. The fourth-order valence-corrected chi connectivity index (χ4v) is 1.74. The standard InChI is InChI=1S/C17H37NO6/c1-2-3-4-6-19-8-10-21-12-14-23-16-17-24-15-13-22-11-9-20-7-5-18/h2-18H2,1H3. The summed E-state index contributed by atoms with van der Waals surface area (Å²) >= 11 is 0. The minimum absolute atomic E-state index is 0.543. The fraction of sp³-hybridized carbons (Fsp3) is 1.00. The van der Waals surface area contributed by atoms with Gasteiger partial charge in [-0.1, -0.05) is 19.8 Å². The van der Waals surface area contributed by atoms with Crippen LogP contribution in [-0.4, -0.2) is 85.8 Å². The number of unbranched alkanes of at least 4 members (excludes halogenated alkanes) is 2. The van der Waals surface area contributed by atoms with Gasteiger partial charge < -0.3 is 34.2 Å². The van der Waals surface area contributed by atoms with E-state index in [9.17, 15) is 0 Å². The summed E-state index contributed by atoms with van der Waals surface area (Å²) < 4.78 is 32.1. The third kappa shape index (κ3) is 21.7. The average Bonchev–Trinajstić information content (AvgIpc) is 2.60. The maximum atomic E-state index is 5.44. The zero-order valence-electron chi connectivity index (χ0n) is 15.3. The van der Waals surface area contributed by atoms with E-state index in [1.54, 1.807) is 0 Å². The van der Waals surface area contributed by atoms with Crippen LogP contribution >= 0.6 is 0 Å². The van der Waals surface area contributed by atoms with Crippen LogP contribution in [0.25, 0.3) is 0 Å². The Hall–Kier alpha value is -0.280. The lowest BCUT2D eigenvalue weighted by atomic mass is 10.3. The van der Waals surface area contributed by atoms with Crippen molar-refractivity contribution in [3.05, 3.63) is 0 Å². The highest BCUT2D eigenvalue weighted by atomic mass is 16.6. The molecule has 0 aromatic heterocycles. The molecule has 7 nitrogen and oxygen atoms in total. The van der Waals surface area contributed by atoms with E-state index in [0.717, 1.165) is 13.0 Å². The molecule has 0 aliphatic heterocycles. The molecule has 0 aliphatic carbocycles. The molecule has 0 spiro atoms. The van der Waals surface area contributed by atoms with E-state index >= 15 is 0 Å². The van der Waals surface area contributed by atoms with Crippen LogP contribution < -0.4 is 5.73 Å². The summed E-state index contributed by atoms with van der Waals surface area (Å²) in [6.45, 7) is 9.97. The zero-order chi connectivity index (χ0) is 17.6. The molecule has 0 atom stereocenters. The van der Waals surface area contributed by atoms with Gasteiger partial charge in [0.1, 0.15) is 0 Å². The molecule has 0 aromatic carbocycles.